The van der Waals surface area contributed by atoms with Crippen LogP contribution in [0, 0.1) is 0 Å². The number of piperidine rings is 1. The normalized spacial score (nSPS) is 14.1. The maximum atomic E-state index is 5.89. The minimum atomic E-state index is 0.322. The van der Waals surface area contributed by atoms with Crippen LogP contribution in [0.5, 0.6) is 17.2 Å². The molecule has 9 heteroatoms. The smallest absolute Gasteiger partial charge is 0.156 e. The molecule has 5 aromatic rings. The van der Waals surface area contributed by atoms with Gasteiger partial charge in [-0.25, -0.2) is 4.98 Å². The quantitative estimate of drug-likeness (QED) is 0.220. The molecule has 1 saturated heterocycles. The number of aromatic nitrogens is 4. The van der Waals surface area contributed by atoms with E-state index in [1.165, 1.54) is 5.56 Å². The Morgan fingerprint density at radius 2 is 1.57 bits per heavy atom. The first-order chi connectivity index (χ1) is 20.7. The van der Waals surface area contributed by atoms with Crippen LogP contribution in [0.3, 0.4) is 0 Å². The molecule has 0 atom stereocenters. The lowest BCUT2D eigenvalue weighted by molar-refractivity contribution is 0.211. The Morgan fingerprint density at radius 1 is 0.833 bits per heavy atom. The number of nitrogens with zero attached hydrogens (tertiary/aromatic N) is 5. The molecule has 0 unspecified atom stereocenters. The van der Waals surface area contributed by atoms with Crippen molar-refractivity contribution in [2.45, 2.75) is 32.0 Å². The summed E-state index contributed by atoms with van der Waals surface area (Å²) in [5.74, 6) is 3.29. The minimum absolute atomic E-state index is 0.322. The molecule has 216 valence electrons. The van der Waals surface area contributed by atoms with E-state index in [9.17, 15) is 0 Å². The summed E-state index contributed by atoms with van der Waals surface area (Å²) in [6.07, 6.45) is 7.59. The molecule has 2 aromatic heterocycles. The number of imidazole rings is 1. The van der Waals surface area contributed by atoms with Crippen LogP contribution in [0.25, 0.3) is 22.0 Å². The van der Waals surface area contributed by atoms with E-state index in [2.05, 4.69) is 55.7 Å². The van der Waals surface area contributed by atoms with E-state index in [0.29, 0.717) is 12.6 Å². The minimum Gasteiger partial charge on any atom is -0.497 e. The van der Waals surface area contributed by atoms with Crippen LogP contribution >= 0.6 is 0 Å². The summed E-state index contributed by atoms with van der Waals surface area (Å²) in [7, 11) is 3.35. The third-order valence-electron chi connectivity index (χ3n) is 7.79. The van der Waals surface area contributed by atoms with Gasteiger partial charge in [-0.2, -0.15) is 0 Å². The largest absolute Gasteiger partial charge is 0.497 e. The van der Waals surface area contributed by atoms with E-state index >= 15 is 0 Å². The van der Waals surface area contributed by atoms with Crippen molar-refractivity contribution in [1.82, 2.24) is 24.6 Å². The van der Waals surface area contributed by atoms with E-state index < -0.39 is 0 Å². The number of nitrogens with one attached hydrogen (secondary N) is 1. The molecule has 3 heterocycles. The molecule has 1 fully saturated rings. The highest BCUT2D eigenvalue weighted by Crippen LogP contribution is 2.34. The maximum Gasteiger partial charge on any atom is 0.156 e. The predicted molar refractivity (Wildman–Crippen MR) is 164 cm³/mol. The van der Waals surface area contributed by atoms with E-state index in [-0.39, 0.29) is 0 Å². The van der Waals surface area contributed by atoms with Gasteiger partial charge in [-0.15, -0.1) is 10.2 Å². The Bertz CT molecular complexity index is 1580. The molecule has 0 radical (unpaired) electrons. The van der Waals surface area contributed by atoms with Gasteiger partial charge in [0.05, 0.1) is 27.1 Å². The molecule has 0 bridgehead atoms. The van der Waals surface area contributed by atoms with Gasteiger partial charge in [-0.1, -0.05) is 12.1 Å². The van der Waals surface area contributed by atoms with E-state index in [0.717, 1.165) is 84.1 Å². The van der Waals surface area contributed by atoms with Gasteiger partial charge >= 0.3 is 0 Å². The maximum absolute atomic E-state index is 5.89. The SMILES string of the molecule is COc1ccc(-c2nnc(NC3CCN(Cc4ccc(OCCn5ccnc5)cc4)CC3)c3cc(OC)ccc23)cc1. The zero-order valence-corrected chi connectivity index (χ0v) is 24.1. The lowest BCUT2D eigenvalue weighted by atomic mass is 10.0. The van der Waals surface area contributed by atoms with Crippen LogP contribution in [0.1, 0.15) is 18.4 Å². The first kappa shape index (κ1) is 27.5. The zero-order valence-electron chi connectivity index (χ0n) is 24.1. The van der Waals surface area contributed by atoms with E-state index in [1.807, 2.05) is 47.2 Å². The molecule has 0 spiro atoms. The Labute approximate surface area is 246 Å². The topological polar surface area (TPSA) is 86.6 Å². The Balaban J connectivity index is 1.06. The molecule has 1 aliphatic rings. The number of anilines is 1. The highest BCUT2D eigenvalue weighted by molar-refractivity contribution is 6.00. The second kappa shape index (κ2) is 12.9. The van der Waals surface area contributed by atoms with Gasteiger partial charge < -0.3 is 24.1 Å². The second-order valence-electron chi connectivity index (χ2n) is 10.5. The van der Waals surface area contributed by atoms with Crippen molar-refractivity contribution in [3.05, 3.63) is 91.0 Å². The van der Waals surface area contributed by atoms with Crippen molar-refractivity contribution in [3.8, 4) is 28.5 Å². The lowest BCUT2D eigenvalue weighted by Gasteiger charge is -2.32. The monoisotopic (exact) mass is 564 g/mol. The van der Waals surface area contributed by atoms with Crippen LogP contribution < -0.4 is 19.5 Å². The highest BCUT2D eigenvalue weighted by atomic mass is 16.5. The second-order valence-corrected chi connectivity index (χ2v) is 10.5. The van der Waals surface area contributed by atoms with Crippen molar-refractivity contribution in [1.29, 1.82) is 0 Å². The standard InChI is InChI=1S/C33H36N6O3/c1-40-27-9-5-25(6-10-27)32-30-12-11-29(41-2)21-31(30)33(37-36-32)35-26-13-16-38(17-14-26)22-24-3-7-28(8-4-24)42-20-19-39-18-15-34-23-39/h3-12,15,18,21,23,26H,13-14,16-17,19-20,22H2,1-2H3,(H,35,37). The van der Waals surface area contributed by atoms with Crippen LogP contribution in [-0.2, 0) is 13.1 Å². The summed E-state index contributed by atoms with van der Waals surface area (Å²) >= 11 is 0. The van der Waals surface area contributed by atoms with Crippen molar-refractivity contribution in [2.75, 3.05) is 39.2 Å². The van der Waals surface area contributed by atoms with Gasteiger partial charge in [0, 0.05) is 54.4 Å². The molecular formula is C33H36N6O3. The van der Waals surface area contributed by atoms with Crippen LogP contribution in [0.2, 0.25) is 0 Å². The van der Waals surface area contributed by atoms with Gasteiger partial charge in [-0.05, 0) is 73.0 Å². The molecule has 9 nitrogen and oxygen atoms in total. The fourth-order valence-corrected chi connectivity index (χ4v) is 5.40. The average Bonchev–Trinajstić information content (AvgIpc) is 3.56. The number of benzene rings is 3. The fraction of sp³-hybridized carbons (Fsp3) is 0.303. The molecule has 1 aliphatic heterocycles. The molecule has 1 N–H and O–H groups in total. The highest BCUT2D eigenvalue weighted by Gasteiger charge is 2.21. The first-order valence-electron chi connectivity index (χ1n) is 14.3. The Kier molecular flexibility index (Phi) is 8.46. The Hall–Kier alpha value is -4.63. The Morgan fingerprint density at radius 3 is 2.29 bits per heavy atom. The molecule has 3 aromatic carbocycles. The zero-order chi connectivity index (χ0) is 28.7. The van der Waals surface area contributed by atoms with E-state index in [4.69, 9.17) is 14.2 Å². The number of methoxy groups -OCH3 is 2. The van der Waals surface area contributed by atoms with Crippen molar-refractivity contribution < 1.29 is 14.2 Å². The van der Waals surface area contributed by atoms with Gasteiger partial charge in [0.2, 0.25) is 0 Å². The third-order valence-corrected chi connectivity index (χ3v) is 7.79. The molecule has 6 rings (SSSR count). The number of likely N-dealkylation sites (tertiary alicyclic amines) is 1. The lowest BCUT2D eigenvalue weighted by Crippen LogP contribution is -2.38. The summed E-state index contributed by atoms with van der Waals surface area (Å²) in [6.45, 7) is 4.36. The van der Waals surface area contributed by atoms with Crippen LogP contribution in [-0.4, -0.2) is 64.6 Å². The summed E-state index contributed by atoms with van der Waals surface area (Å²) in [5, 5.41) is 15.0. The first-order valence-corrected chi connectivity index (χ1v) is 14.3. The third kappa shape index (κ3) is 6.47. The number of ether oxygens (including phenoxy) is 3. The summed E-state index contributed by atoms with van der Waals surface area (Å²) in [4.78, 5) is 6.57. The molecule has 0 saturated carbocycles. The predicted octanol–water partition coefficient (Wildman–Crippen LogP) is 5.67. The van der Waals surface area contributed by atoms with Crippen molar-refractivity contribution in [3.63, 3.8) is 0 Å². The van der Waals surface area contributed by atoms with Crippen LogP contribution in [0.15, 0.2) is 85.5 Å². The number of fused-ring (bicyclic) bond motifs is 1. The number of hydrogen-bond acceptors (Lipinski definition) is 8. The van der Waals surface area contributed by atoms with E-state index in [1.54, 1.807) is 26.7 Å². The van der Waals surface area contributed by atoms with Crippen LogP contribution in [0.4, 0.5) is 5.82 Å². The summed E-state index contributed by atoms with van der Waals surface area (Å²) in [6, 6.07) is 22.8. The van der Waals surface area contributed by atoms with Gasteiger partial charge in [0.1, 0.15) is 29.5 Å². The summed E-state index contributed by atoms with van der Waals surface area (Å²) < 4.78 is 18.8. The fourth-order valence-electron chi connectivity index (χ4n) is 5.40. The molecular weight excluding hydrogens is 528 g/mol. The van der Waals surface area contributed by atoms with Crippen molar-refractivity contribution in [2.24, 2.45) is 0 Å². The summed E-state index contributed by atoms with van der Waals surface area (Å²) in [5.41, 5.74) is 3.12. The molecule has 42 heavy (non-hydrogen) atoms. The molecule has 0 aliphatic carbocycles. The van der Waals surface area contributed by atoms with Gasteiger partial charge in [0.15, 0.2) is 5.82 Å². The molecule has 0 amide bonds. The van der Waals surface area contributed by atoms with Gasteiger partial charge in [0.25, 0.3) is 0 Å². The average molecular weight is 565 g/mol. The van der Waals surface area contributed by atoms with Crippen molar-refractivity contribution >= 4 is 16.6 Å². The number of hydrogen-bond donors (Lipinski definition) is 1. The van der Waals surface area contributed by atoms with Gasteiger partial charge in [-0.3, -0.25) is 4.90 Å². The number of rotatable bonds is 11.